The second-order valence-corrected chi connectivity index (χ2v) is 8.43. The molecule has 0 aliphatic carbocycles. The van der Waals surface area contributed by atoms with E-state index in [2.05, 4.69) is 25.4 Å². The zero-order chi connectivity index (χ0) is 27.2. The molecule has 192 valence electrons. The van der Waals surface area contributed by atoms with Crippen LogP contribution in [0.1, 0.15) is 11.1 Å². The number of hydrogen-bond donors (Lipinski definition) is 1. The number of alkyl halides is 3. The highest BCUT2D eigenvalue weighted by atomic mass is 19.4. The molecule has 0 spiro atoms. The molecule has 1 N–H and O–H groups in total. The Bertz CT molecular complexity index is 1690. The second-order valence-electron chi connectivity index (χ2n) is 8.43. The van der Waals surface area contributed by atoms with Crippen molar-refractivity contribution < 1.29 is 18.3 Å². The van der Waals surface area contributed by atoms with Gasteiger partial charge in [-0.1, -0.05) is 36.4 Å². The molecule has 0 radical (unpaired) electrons. The molecule has 9 heteroatoms. The van der Waals surface area contributed by atoms with Crippen molar-refractivity contribution >= 4 is 45.4 Å². The van der Waals surface area contributed by atoms with Gasteiger partial charge in [0.2, 0.25) is 0 Å². The van der Waals surface area contributed by atoms with Gasteiger partial charge in [0.05, 0.1) is 34.0 Å². The van der Waals surface area contributed by atoms with Crippen LogP contribution in [-0.4, -0.2) is 11.3 Å². The van der Waals surface area contributed by atoms with E-state index < -0.39 is 11.7 Å². The maximum Gasteiger partial charge on any atom is 0.416 e. The third-order valence-corrected chi connectivity index (χ3v) is 5.76. The summed E-state index contributed by atoms with van der Waals surface area (Å²) in [4.78, 5) is 4.56. The number of hydrogen-bond acceptors (Lipinski definition) is 6. The van der Waals surface area contributed by atoms with Crippen molar-refractivity contribution in [1.82, 2.24) is 0 Å². The van der Waals surface area contributed by atoms with Gasteiger partial charge in [0.15, 0.2) is 0 Å². The first-order valence-corrected chi connectivity index (χ1v) is 11.8. The molecule has 0 fully saturated rings. The Morgan fingerprint density at radius 2 is 1.03 bits per heavy atom. The molecule has 5 aromatic carbocycles. The minimum Gasteiger partial charge on any atom is -0.507 e. The Hall–Kier alpha value is -5.18. The van der Waals surface area contributed by atoms with Crippen LogP contribution >= 0.6 is 0 Å². The number of para-hydroxylation sites is 1. The van der Waals surface area contributed by atoms with Gasteiger partial charge >= 0.3 is 6.18 Å². The number of rotatable bonds is 6. The van der Waals surface area contributed by atoms with Gasteiger partial charge in [0.25, 0.3) is 0 Å². The van der Waals surface area contributed by atoms with Crippen molar-refractivity contribution in [2.75, 3.05) is 0 Å². The van der Waals surface area contributed by atoms with Crippen LogP contribution in [0.25, 0.3) is 10.8 Å². The Kier molecular flexibility index (Phi) is 7.22. The Morgan fingerprint density at radius 3 is 1.62 bits per heavy atom. The minimum absolute atomic E-state index is 0.156. The molecule has 0 aromatic heterocycles. The van der Waals surface area contributed by atoms with E-state index in [1.807, 2.05) is 42.5 Å². The monoisotopic (exact) mass is 523 g/mol. The maximum atomic E-state index is 12.7. The fourth-order valence-electron chi connectivity index (χ4n) is 3.73. The van der Waals surface area contributed by atoms with Crippen molar-refractivity contribution in [2.24, 2.45) is 25.4 Å². The summed E-state index contributed by atoms with van der Waals surface area (Å²) in [6.07, 6.45) is -2.77. The lowest BCUT2D eigenvalue weighted by molar-refractivity contribution is -0.137. The number of halogens is 3. The van der Waals surface area contributed by atoms with Crippen LogP contribution in [0.15, 0.2) is 135 Å². The zero-order valence-electron chi connectivity index (χ0n) is 20.3. The van der Waals surface area contributed by atoms with Crippen molar-refractivity contribution in [3.05, 3.63) is 120 Å². The molecule has 39 heavy (non-hydrogen) atoms. The van der Waals surface area contributed by atoms with E-state index in [0.29, 0.717) is 28.3 Å². The Morgan fingerprint density at radius 1 is 0.538 bits per heavy atom. The van der Waals surface area contributed by atoms with E-state index in [1.165, 1.54) is 12.1 Å². The van der Waals surface area contributed by atoms with E-state index >= 15 is 0 Å². The molecule has 0 amide bonds. The highest BCUT2D eigenvalue weighted by molar-refractivity contribution is 6.01. The molecule has 0 heterocycles. The molecule has 0 unspecified atom stereocenters. The van der Waals surface area contributed by atoms with E-state index in [-0.39, 0.29) is 5.75 Å². The first-order chi connectivity index (χ1) is 18.9. The Balaban J connectivity index is 1.31. The molecule has 5 aromatic rings. The van der Waals surface area contributed by atoms with Crippen LogP contribution in [-0.2, 0) is 6.18 Å². The van der Waals surface area contributed by atoms with E-state index in [4.69, 9.17) is 0 Å². The smallest absolute Gasteiger partial charge is 0.416 e. The standard InChI is InChI=1S/C30H20F3N5O/c31-30(32,33)21-9-11-22(12-10-21)35-36-23-13-15-24(16-14-23)37-38-28-18-17-27(25-6-2-3-7-26(25)28)34-19-20-5-1-4-8-29(20)39/h1-19,39H. The molecule has 0 bridgehead atoms. The summed E-state index contributed by atoms with van der Waals surface area (Å²) in [6, 6.07) is 29.6. The lowest BCUT2D eigenvalue weighted by atomic mass is 10.1. The van der Waals surface area contributed by atoms with Crippen LogP contribution in [0.4, 0.5) is 41.6 Å². The van der Waals surface area contributed by atoms with Gasteiger partial charge in [-0.05, 0) is 72.8 Å². The Labute approximate surface area is 221 Å². The summed E-state index contributed by atoms with van der Waals surface area (Å²) in [7, 11) is 0. The molecule has 0 atom stereocenters. The second kappa shape index (κ2) is 11.1. The first-order valence-electron chi connectivity index (χ1n) is 11.8. The fourth-order valence-corrected chi connectivity index (χ4v) is 3.73. The van der Waals surface area contributed by atoms with Crippen LogP contribution in [0, 0.1) is 0 Å². The molecular weight excluding hydrogens is 503 g/mol. The number of phenolic OH excluding ortho intramolecular Hbond substituents is 1. The normalized spacial score (nSPS) is 12.3. The molecule has 5 rings (SSSR count). The number of azo groups is 2. The van der Waals surface area contributed by atoms with E-state index in [0.717, 1.165) is 28.6 Å². The number of benzene rings is 5. The van der Waals surface area contributed by atoms with Crippen LogP contribution in [0.3, 0.4) is 0 Å². The third-order valence-electron chi connectivity index (χ3n) is 5.76. The molecule has 0 saturated carbocycles. The fraction of sp³-hybridized carbons (Fsp3) is 0.0333. The van der Waals surface area contributed by atoms with Crippen LogP contribution < -0.4 is 0 Å². The van der Waals surface area contributed by atoms with Crippen LogP contribution in [0.5, 0.6) is 5.75 Å². The summed E-state index contributed by atoms with van der Waals surface area (Å²) >= 11 is 0. The van der Waals surface area contributed by atoms with Crippen molar-refractivity contribution in [1.29, 1.82) is 0 Å². The highest BCUT2D eigenvalue weighted by Crippen LogP contribution is 2.35. The predicted octanol–water partition coefficient (Wildman–Crippen LogP) is 10.1. The van der Waals surface area contributed by atoms with Crippen molar-refractivity contribution in [2.45, 2.75) is 6.18 Å². The minimum atomic E-state index is -4.39. The molecule has 6 nitrogen and oxygen atoms in total. The van der Waals surface area contributed by atoms with Gasteiger partial charge in [-0.15, -0.1) is 5.11 Å². The molecule has 0 aliphatic rings. The molecule has 0 aliphatic heterocycles. The van der Waals surface area contributed by atoms with E-state index in [1.54, 1.807) is 48.7 Å². The van der Waals surface area contributed by atoms with Gasteiger partial charge in [-0.2, -0.15) is 28.5 Å². The SMILES string of the molecule is Oc1ccccc1C=Nc1ccc(N=Nc2ccc(N=Nc3ccc(C(F)(F)F)cc3)cc2)c2ccccc12. The van der Waals surface area contributed by atoms with Crippen LogP contribution in [0.2, 0.25) is 0 Å². The maximum absolute atomic E-state index is 12.7. The van der Waals surface area contributed by atoms with Gasteiger partial charge in [0, 0.05) is 22.6 Å². The summed E-state index contributed by atoms with van der Waals surface area (Å²) in [5.74, 6) is 0.156. The van der Waals surface area contributed by atoms with Gasteiger partial charge in [0.1, 0.15) is 5.75 Å². The number of phenols is 1. The number of aliphatic imine (C=N–C) groups is 1. The van der Waals surface area contributed by atoms with Gasteiger partial charge in [-0.3, -0.25) is 4.99 Å². The van der Waals surface area contributed by atoms with Crippen molar-refractivity contribution in [3.63, 3.8) is 0 Å². The lowest BCUT2D eigenvalue weighted by Gasteiger charge is -2.05. The summed E-state index contributed by atoms with van der Waals surface area (Å²) in [5, 5.41) is 28.5. The van der Waals surface area contributed by atoms with Gasteiger partial charge in [-0.25, -0.2) is 0 Å². The van der Waals surface area contributed by atoms with E-state index in [9.17, 15) is 18.3 Å². The topological polar surface area (TPSA) is 82.0 Å². The summed E-state index contributed by atoms with van der Waals surface area (Å²) in [6.45, 7) is 0. The average Bonchev–Trinajstić information content (AvgIpc) is 2.95. The summed E-state index contributed by atoms with van der Waals surface area (Å²) < 4.78 is 38.1. The number of fused-ring (bicyclic) bond motifs is 1. The largest absolute Gasteiger partial charge is 0.507 e. The van der Waals surface area contributed by atoms with Gasteiger partial charge < -0.3 is 5.11 Å². The molecule has 0 saturated heterocycles. The highest BCUT2D eigenvalue weighted by Gasteiger charge is 2.29. The third kappa shape index (κ3) is 6.22. The zero-order valence-corrected chi connectivity index (χ0v) is 20.3. The quantitative estimate of drug-likeness (QED) is 0.174. The number of aromatic hydroxyl groups is 1. The first kappa shape index (κ1) is 25.5. The van der Waals surface area contributed by atoms with Crippen molar-refractivity contribution in [3.8, 4) is 5.75 Å². The molecular formula is C30H20F3N5O. The summed E-state index contributed by atoms with van der Waals surface area (Å²) in [5.41, 5.74) is 2.70. The predicted molar refractivity (Wildman–Crippen MR) is 146 cm³/mol. The lowest BCUT2D eigenvalue weighted by Crippen LogP contribution is -2.03. The average molecular weight is 524 g/mol. The number of nitrogens with zero attached hydrogens (tertiary/aromatic N) is 5.